The maximum atomic E-state index is 13.1. The summed E-state index contributed by atoms with van der Waals surface area (Å²) in [7, 11) is 0. The van der Waals surface area contributed by atoms with Crippen molar-refractivity contribution >= 4 is 0 Å². The Morgan fingerprint density at radius 2 is 1.96 bits per heavy atom. The quantitative estimate of drug-likeness (QED) is 0.762. The third-order valence-electron chi connectivity index (χ3n) is 4.19. The van der Waals surface area contributed by atoms with Crippen LogP contribution in [0.25, 0.3) is 0 Å². The molecule has 0 saturated carbocycles. The molecule has 1 aliphatic heterocycles. The second kappa shape index (κ2) is 9.30. The van der Waals surface area contributed by atoms with Crippen LogP contribution in [0.2, 0.25) is 0 Å². The van der Waals surface area contributed by atoms with Gasteiger partial charge in [0, 0.05) is 25.2 Å². The summed E-state index contributed by atoms with van der Waals surface area (Å²) in [5.74, 6) is -0.957. The van der Waals surface area contributed by atoms with Gasteiger partial charge in [-0.25, -0.2) is 8.78 Å². The molecule has 0 amide bonds. The predicted molar refractivity (Wildman–Crippen MR) is 90.2 cm³/mol. The van der Waals surface area contributed by atoms with Gasteiger partial charge in [-0.3, -0.25) is 0 Å². The van der Waals surface area contributed by atoms with Crippen molar-refractivity contribution in [3.8, 4) is 5.75 Å². The van der Waals surface area contributed by atoms with E-state index < -0.39 is 17.7 Å². The summed E-state index contributed by atoms with van der Waals surface area (Å²) in [6, 6.07) is 3.76. The van der Waals surface area contributed by atoms with E-state index in [1.165, 1.54) is 6.07 Å². The van der Waals surface area contributed by atoms with Gasteiger partial charge in [-0.15, -0.1) is 0 Å². The largest absolute Gasteiger partial charge is 0.491 e. The molecule has 0 aliphatic carbocycles. The Morgan fingerprint density at radius 1 is 1.25 bits per heavy atom. The monoisotopic (exact) mass is 342 g/mol. The Balaban J connectivity index is 1.63. The van der Waals surface area contributed by atoms with Gasteiger partial charge in [0.05, 0.1) is 0 Å². The van der Waals surface area contributed by atoms with E-state index in [2.05, 4.69) is 24.1 Å². The zero-order valence-electron chi connectivity index (χ0n) is 14.5. The third kappa shape index (κ3) is 6.34. The molecule has 0 radical (unpaired) electrons. The highest BCUT2D eigenvalue weighted by Gasteiger charge is 2.20. The van der Waals surface area contributed by atoms with Crippen molar-refractivity contribution in [1.82, 2.24) is 10.2 Å². The number of hydrogen-bond donors (Lipinski definition) is 2. The Morgan fingerprint density at radius 3 is 2.58 bits per heavy atom. The molecule has 1 saturated heterocycles. The van der Waals surface area contributed by atoms with E-state index in [-0.39, 0.29) is 12.4 Å². The van der Waals surface area contributed by atoms with Crippen molar-refractivity contribution in [2.24, 2.45) is 5.92 Å². The lowest BCUT2D eigenvalue weighted by atomic mass is 10.0. The molecular weight excluding hydrogens is 314 g/mol. The first-order valence-electron chi connectivity index (χ1n) is 8.65. The zero-order chi connectivity index (χ0) is 17.5. The lowest BCUT2D eigenvalue weighted by Crippen LogP contribution is -2.46. The Bertz CT molecular complexity index is 506. The van der Waals surface area contributed by atoms with E-state index in [0.717, 1.165) is 44.6 Å². The smallest absolute Gasteiger partial charge is 0.162 e. The minimum Gasteiger partial charge on any atom is -0.491 e. The maximum Gasteiger partial charge on any atom is 0.162 e. The first kappa shape index (κ1) is 19.1. The molecule has 1 aliphatic rings. The van der Waals surface area contributed by atoms with Gasteiger partial charge in [0.25, 0.3) is 0 Å². The van der Waals surface area contributed by atoms with E-state index in [9.17, 15) is 13.9 Å². The van der Waals surface area contributed by atoms with Gasteiger partial charge >= 0.3 is 0 Å². The third-order valence-corrected chi connectivity index (χ3v) is 4.19. The van der Waals surface area contributed by atoms with Crippen LogP contribution in [0.5, 0.6) is 5.75 Å². The van der Waals surface area contributed by atoms with Gasteiger partial charge in [-0.2, -0.15) is 0 Å². The van der Waals surface area contributed by atoms with Gasteiger partial charge < -0.3 is 20.1 Å². The molecule has 1 fully saturated rings. The molecule has 0 bridgehead atoms. The first-order valence-corrected chi connectivity index (χ1v) is 8.65. The minimum atomic E-state index is -0.951. The van der Waals surface area contributed by atoms with Crippen molar-refractivity contribution in [3.05, 3.63) is 29.8 Å². The Kier molecular flexibility index (Phi) is 7.40. The molecule has 0 aromatic heterocycles. The lowest BCUT2D eigenvalue weighted by molar-refractivity contribution is 0.0974. The molecule has 1 unspecified atom stereocenters. The number of likely N-dealkylation sites (tertiary alicyclic amines) is 1. The van der Waals surface area contributed by atoms with Gasteiger partial charge in [-0.05, 0) is 44.0 Å². The Hall–Kier alpha value is -1.24. The van der Waals surface area contributed by atoms with Crippen molar-refractivity contribution < 1.29 is 18.6 Å². The highest BCUT2D eigenvalue weighted by molar-refractivity contribution is 5.23. The van der Waals surface area contributed by atoms with Crippen LogP contribution in [-0.2, 0) is 0 Å². The molecule has 1 atom stereocenters. The lowest BCUT2D eigenvalue weighted by Gasteiger charge is -2.33. The van der Waals surface area contributed by atoms with Crippen molar-refractivity contribution in [2.45, 2.75) is 38.8 Å². The van der Waals surface area contributed by atoms with E-state index in [4.69, 9.17) is 4.74 Å². The second-order valence-corrected chi connectivity index (χ2v) is 6.92. The molecule has 0 spiro atoms. The number of aliphatic hydroxyl groups excluding tert-OH is 1. The van der Waals surface area contributed by atoms with Crippen molar-refractivity contribution in [3.63, 3.8) is 0 Å². The van der Waals surface area contributed by atoms with Crippen LogP contribution in [0, 0.1) is 17.6 Å². The zero-order valence-corrected chi connectivity index (χ0v) is 14.5. The SMILES string of the molecule is CC(C)CN1CCC(NCC(O)COc2ccc(F)c(F)c2)CC1. The van der Waals surface area contributed by atoms with Crippen LogP contribution < -0.4 is 10.1 Å². The summed E-state index contributed by atoms with van der Waals surface area (Å²) in [6.07, 6.45) is 1.46. The number of nitrogens with one attached hydrogen (secondary N) is 1. The van der Waals surface area contributed by atoms with Crippen LogP contribution in [-0.4, -0.2) is 54.9 Å². The van der Waals surface area contributed by atoms with Crippen LogP contribution in [0.1, 0.15) is 26.7 Å². The summed E-state index contributed by atoms with van der Waals surface area (Å²) in [6.45, 7) is 8.23. The average molecular weight is 342 g/mol. The molecule has 2 rings (SSSR count). The normalized spacial score (nSPS) is 18.1. The predicted octanol–water partition coefficient (Wildman–Crippen LogP) is 2.41. The standard InChI is InChI=1S/C18H28F2N2O2/c1-13(2)11-22-7-5-14(6-8-22)21-10-15(23)12-24-16-3-4-17(19)18(20)9-16/h3-4,9,13-15,21,23H,5-8,10-12H2,1-2H3. The summed E-state index contributed by atoms with van der Waals surface area (Å²) >= 11 is 0. The fourth-order valence-corrected chi connectivity index (χ4v) is 2.96. The van der Waals surface area contributed by atoms with E-state index in [1.807, 2.05) is 0 Å². The molecule has 4 nitrogen and oxygen atoms in total. The fraction of sp³-hybridized carbons (Fsp3) is 0.667. The molecule has 6 heteroatoms. The number of rotatable bonds is 8. The van der Waals surface area contributed by atoms with Gasteiger partial charge in [0.2, 0.25) is 0 Å². The van der Waals surface area contributed by atoms with Crippen LogP contribution >= 0.6 is 0 Å². The second-order valence-electron chi connectivity index (χ2n) is 6.92. The number of halogens is 2. The van der Waals surface area contributed by atoms with E-state index in [1.54, 1.807) is 0 Å². The molecule has 1 aromatic rings. The average Bonchev–Trinajstić information content (AvgIpc) is 2.55. The van der Waals surface area contributed by atoms with Gasteiger partial charge in [-0.1, -0.05) is 13.8 Å². The van der Waals surface area contributed by atoms with Crippen LogP contribution in [0.4, 0.5) is 8.78 Å². The number of aliphatic hydroxyl groups is 1. The molecular formula is C18H28F2N2O2. The highest BCUT2D eigenvalue weighted by atomic mass is 19.2. The minimum absolute atomic E-state index is 0.0459. The fourth-order valence-electron chi connectivity index (χ4n) is 2.96. The van der Waals surface area contributed by atoms with Crippen molar-refractivity contribution in [1.29, 1.82) is 0 Å². The maximum absolute atomic E-state index is 13.1. The van der Waals surface area contributed by atoms with E-state index in [0.29, 0.717) is 18.5 Å². The molecule has 24 heavy (non-hydrogen) atoms. The molecule has 1 heterocycles. The van der Waals surface area contributed by atoms with Crippen LogP contribution in [0.15, 0.2) is 18.2 Å². The molecule has 1 aromatic carbocycles. The summed E-state index contributed by atoms with van der Waals surface area (Å²) in [4.78, 5) is 2.48. The molecule has 136 valence electrons. The summed E-state index contributed by atoms with van der Waals surface area (Å²) < 4.78 is 31.2. The van der Waals surface area contributed by atoms with Crippen LogP contribution in [0.3, 0.4) is 0 Å². The van der Waals surface area contributed by atoms with E-state index >= 15 is 0 Å². The number of hydrogen-bond acceptors (Lipinski definition) is 4. The summed E-state index contributed by atoms with van der Waals surface area (Å²) in [5, 5.41) is 13.3. The highest BCUT2D eigenvalue weighted by Crippen LogP contribution is 2.16. The van der Waals surface area contributed by atoms with Gasteiger partial charge in [0.1, 0.15) is 18.5 Å². The van der Waals surface area contributed by atoms with Gasteiger partial charge in [0.15, 0.2) is 11.6 Å². The molecule has 2 N–H and O–H groups in total. The first-order chi connectivity index (χ1) is 11.4. The topological polar surface area (TPSA) is 44.7 Å². The summed E-state index contributed by atoms with van der Waals surface area (Å²) in [5.41, 5.74) is 0. The number of nitrogens with zero attached hydrogens (tertiary/aromatic N) is 1. The van der Waals surface area contributed by atoms with Crippen molar-refractivity contribution in [2.75, 3.05) is 32.8 Å². The number of benzene rings is 1. The number of ether oxygens (including phenoxy) is 1. The Labute approximate surface area is 142 Å². The number of piperidine rings is 1.